The summed E-state index contributed by atoms with van der Waals surface area (Å²) in [5, 5.41) is 4.53. The van der Waals surface area contributed by atoms with Crippen LogP contribution in [0.5, 0.6) is 0 Å². The minimum absolute atomic E-state index is 0.559. The molecule has 1 heterocycles. The van der Waals surface area contributed by atoms with Crippen molar-refractivity contribution in [1.82, 2.24) is 14.9 Å². The highest BCUT2D eigenvalue weighted by atomic mass is 32.2. The summed E-state index contributed by atoms with van der Waals surface area (Å²) < 4.78 is 2.25. The maximum Gasteiger partial charge on any atom is 0.110 e. The molecule has 0 spiro atoms. The molecule has 108 valence electrons. The zero-order valence-corrected chi connectivity index (χ0v) is 13.1. The first kappa shape index (κ1) is 14.9. The van der Waals surface area contributed by atoms with Crippen LogP contribution < -0.4 is 5.32 Å². The van der Waals surface area contributed by atoms with Gasteiger partial charge in [-0.15, -0.1) is 0 Å². The summed E-state index contributed by atoms with van der Waals surface area (Å²) in [5.74, 6) is 2.44. The molecule has 0 bridgehead atoms. The van der Waals surface area contributed by atoms with Gasteiger partial charge >= 0.3 is 0 Å². The van der Waals surface area contributed by atoms with Crippen molar-refractivity contribution >= 4 is 11.8 Å². The lowest BCUT2D eigenvalue weighted by Gasteiger charge is -2.19. The van der Waals surface area contributed by atoms with Crippen molar-refractivity contribution in [3.63, 3.8) is 0 Å². The molecule has 2 rings (SSSR count). The number of nitrogens with zero attached hydrogens (tertiary/aromatic N) is 2. The lowest BCUT2D eigenvalue weighted by atomic mass is 10.2. The molecule has 1 aliphatic rings. The fraction of sp³-hybridized carbons (Fsp3) is 0.800. The highest BCUT2D eigenvalue weighted by molar-refractivity contribution is 7.99. The Kier molecular flexibility index (Phi) is 6.24. The van der Waals surface area contributed by atoms with Crippen LogP contribution in [-0.4, -0.2) is 33.1 Å². The normalized spacial score (nSPS) is 18.0. The van der Waals surface area contributed by atoms with Crippen LogP contribution in [0.1, 0.15) is 45.4 Å². The van der Waals surface area contributed by atoms with E-state index in [2.05, 4.69) is 46.7 Å². The predicted octanol–water partition coefficient (Wildman–Crippen LogP) is 3.10. The number of aromatic nitrogens is 2. The summed E-state index contributed by atoms with van der Waals surface area (Å²) in [4.78, 5) is 4.50. The first-order valence-electron chi connectivity index (χ1n) is 7.68. The molecule has 1 aromatic heterocycles. The van der Waals surface area contributed by atoms with E-state index in [-0.39, 0.29) is 0 Å². The molecule has 3 nitrogen and oxygen atoms in total. The summed E-state index contributed by atoms with van der Waals surface area (Å²) in [5.41, 5.74) is 0. The molecule has 0 amide bonds. The van der Waals surface area contributed by atoms with E-state index in [9.17, 15) is 0 Å². The molecular weight excluding hydrogens is 254 g/mol. The quantitative estimate of drug-likeness (QED) is 0.794. The second-order valence-electron chi connectivity index (χ2n) is 5.33. The van der Waals surface area contributed by atoms with Gasteiger partial charge in [-0.1, -0.05) is 19.8 Å². The highest BCUT2D eigenvalue weighted by Crippen LogP contribution is 2.29. The van der Waals surface area contributed by atoms with Crippen molar-refractivity contribution in [2.45, 2.75) is 63.8 Å². The van der Waals surface area contributed by atoms with E-state index in [1.165, 1.54) is 37.3 Å². The number of hydrogen-bond donors (Lipinski definition) is 1. The molecule has 1 saturated carbocycles. The van der Waals surface area contributed by atoms with E-state index in [1.807, 2.05) is 6.20 Å². The fourth-order valence-corrected chi connectivity index (χ4v) is 4.23. The van der Waals surface area contributed by atoms with Gasteiger partial charge in [0.05, 0.1) is 0 Å². The van der Waals surface area contributed by atoms with Crippen molar-refractivity contribution in [3.05, 3.63) is 18.2 Å². The van der Waals surface area contributed by atoms with Crippen LogP contribution >= 0.6 is 11.8 Å². The molecule has 0 radical (unpaired) electrons. The number of rotatable bonds is 8. The predicted molar refractivity (Wildman–Crippen MR) is 83.8 cm³/mol. The Balaban J connectivity index is 1.84. The summed E-state index contributed by atoms with van der Waals surface area (Å²) in [6, 6.07) is 0.559. The number of thioether (sulfide) groups is 1. The van der Waals surface area contributed by atoms with Crippen molar-refractivity contribution in [2.24, 2.45) is 0 Å². The Morgan fingerprint density at radius 2 is 2.21 bits per heavy atom. The lowest BCUT2D eigenvalue weighted by Crippen LogP contribution is -2.34. The van der Waals surface area contributed by atoms with E-state index in [4.69, 9.17) is 0 Å². The molecule has 1 aromatic rings. The van der Waals surface area contributed by atoms with E-state index >= 15 is 0 Å². The maximum atomic E-state index is 4.50. The van der Waals surface area contributed by atoms with Crippen molar-refractivity contribution in [2.75, 3.05) is 12.3 Å². The number of aryl methyl sites for hydroxylation is 1. The Morgan fingerprint density at radius 3 is 2.89 bits per heavy atom. The largest absolute Gasteiger partial charge is 0.335 e. The Morgan fingerprint density at radius 1 is 1.42 bits per heavy atom. The first-order chi connectivity index (χ1) is 9.33. The number of likely N-dealkylation sites (N-methyl/N-ethyl adjacent to an activating group) is 1. The van der Waals surface area contributed by atoms with Crippen molar-refractivity contribution in [1.29, 1.82) is 0 Å². The average Bonchev–Trinajstić information content (AvgIpc) is 3.07. The van der Waals surface area contributed by atoms with Crippen LogP contribution in [0.2, 0.25) is 0 Å². The third-order valence-electron chi connectivity index (χ3n) is 3.90. The molecule has 1 N–H and O–H groups in total. The monoisotopic (exact) mass is 281 g/mol. The van der Waals surface area contributed by atoms with Gasteiger partial charge in [-0.3, -0.25) is 0 Å². The Hall–Kier alpha value is -0.480. The van der Waals surface area contributed by atoms with Crippen molar-refractivity contribution < 1.29 is 0 Å². The van der Waals surface area contributed by atoms with Gasteiger partial charge in [0, 0.05) is 42.4 Å². The third-order valence-corrected chi connectivity index (χ3v) is 5.44. The zero-order valence-electron chi connectivity index (χ0n) is 12.3. The standard InChI is InChI=1S/C15H27N3S/c1-3-16-13(12-19-14-7-5-6-8-14)11-15-17-9-10-18(15)4-2/h9-10,13-14,16H,3-8,11-12H2,1-2H3. The van der Waals surface area contributed by atoms with Crippen molar-refractivity contribution in [3.8, 4) is 0 Å². The van der Waals surface area contributed by atoms with Gasteiger partial charge in [0.2, 0.25) is 0 Å². The molecule has 0 aliphatic heterocycles. The van der Waals surface area contributed by atoms with Gasteiger partial charge in [-0.05, 0) is 26.3 Å². The summed E-state index contributed by atoms with van der Waals surface area (Å²) in [7, 11) is 0. The third kappa shape index (κ3) is 4.53. The van der Waals surface area contributed by atoms with E-state index in [1.54, 1.807) is 0 Å². The van der Waals surface area contributed by atoms with Crippen LogP contribution in [0.3, 0.4) is 0 Å². The highest BCUT2D eigenvalue weighted by Gasteiger charge is 2.18. The fourth-order valence-electron chi connectivity index (χ4n) is 2.82. The molecule has 1 fully saturated rings. The van der Waals surface area contributed by atoms with Gasteiger partial charge in [-0.25, -0.2) is 4.98 Å². The number of imidazole rings is 1. The second kappa shape index (κ2) is 7.95. The van der Waals surface area contributed by atoms with Gasteiger partial charge in [0.25, 0.3) is 0 Å². The molecule has 1 unspecified atom stereocenters. The van der Waals surface area contributed by atoms with E-state index in [0.717, 1.165) is 24.8 Å². The molecule has 0 saturated heterocycles. The average molecular weight is 281 g/mol. The van der Waals surface area contributed by atoms with Crippen LogP contribution in [0.25, 0.3) is 0 Å². The minimum atomic E-state index is 0.559. The first-order valence-corrected chi connectivity index (χ1v) is 8.73. The lowest BCUT2D eigenvalue weighted by molar-refractivity contribution is 0.541. The topological polar surface area (TPSA) is 29.9 Å². The molecule has 19 heavy (non-hydrogen) atoms. The van der Waals surface area contributed by atoms with Crippen LogP contribution in [0, 0.1) is 0 Å². The molecule has 0 aromatic carbocycles. The Bertz CT molecular complexity index is 358. The van der Waals surface area contributed by atoms with Gasteiger partial charge in [0.1, 0.15) is 5.82 Å². The van der Waals surface area contributed by atoms with E-state index < -0.39 is 0 Å². The summed E-state index contributed by atoms with van der Waals surface area (Å²) >= 11 is 2.17. The molecule has 4 heteroatoms. The molecule has 1 atom stereocenters. The van der Waals surface area contributed by atoms with Gasteiger partial charge < -0.3 is 9.88 Å². The van der Waals surface area contributed by atoms with Gasteiger partial charge in [-0.2, -0.15) is 11.8 Å². The number of hydrogen-bond acceptors (Lipinski definition) is 3. The minimum Gasteiger partial charge on any atom is -0.335 e. The summed E-state index contributed by atoms with van der Waals surface area (Å²) in [6.45, 7) is 6.44. The second-order valence-corrected chi connectivity index (χ2v) is 6.66. The SMILES string of the molecule is CCNC(CSC1CCCC1)Cc1nccn1CC. The van der Waals surface area contributed by atoms with E-state index in [0.29, 0.717) is 6.04 Å². The van der Waals surface area contributed by atoms with Gasteiger partial charge in [0.15, 0.2) is 0 Å². The summed E-state index contributed by atoms with van der Waals surface area (Å²) in [6.07, 6.45) is 10.8. The van der Waals surface area contributed by atoms with Crippen LogP contribution in [0.15, 0.2) is 12.4 Å². The number of nitrogens with one attached hydrogen (secondary N) is 1. The smallest absolute Gasteiger partial charge is 0.110 e. The zero-order chi connectivity index (χ0) is 13.5. The maximum absolute atomic E-state index is 4.50. The molecule has 1 aliphatic carbocycles. The van der Waals surface area contributed by atoms with Crippen LogP contribution in [0.4, 0.5) is 0 Å². The Labute approximate surface area is 121 Å². The van der Waals surface area contributed by atoms with Crippen LogP contribution in [-0.2, 0) is 13.0 Å². The molecular formula is C15H27N3S.